The molecule has 0 radical (unpaired) electrons. The first-order valence-corrected chi connectivity index (χ1v) is 9.56. The molecular weight excluding hydrogens is 393 g/mol. The molecule has 4 rings (SSSR count). The molecule has 0 aliphatic rings. The third-order valence-electron chi connectivity index (χ3n) is 3.85. The summed E-state index contributed by atoms with van der Waals surface area (Å²) in [5.74, 6) is 0.882. The minimum absolute atomic E-state index is 0.0818. The van der Waals surface area contributed by atoms with Crippen LogP contribution in [0.15, 0.2) is 53.7 Å². The summed E-state index contributed by atoms with van der Waals surface area (Å²) in [5.41, 5.74) is 8.45. The van der Waals surface area contributed by atoms with Crippen molar-refractivity contribution in [3.05, 3.63) is 65.7 Å². The first kappa shape index (κ1) is 18.7. The van der Waals surface area contributed by atoms with Crippen LogP contribution < -0.4 is 11.1 Å². The van der Waals surface area contributed by atoms with E-state index >= 15 is 0 Å². The zero-order valence-electron chi connectivity index (χ0n) is 15.3. The smallest absolute Gasteiger partial charge is 0.232 e. The number of hydrogen-bond acceptors (Lipinski definition) is 9. The normalized spacial score (nSPS) is 10.8. The van der Waals surface area contributed by atoms with E-state index in [1.807, 2.05) is 31.2 Å². The van der Waals surface area contributed by atoms with Gasteiger partial charge in [-0.1, -0.05) is 29.5 Å². The van der Waals surface area contributed by atoms with Crippen molar-refractivity contribution in [1.82, 2.24) is 35.2 Å². The molecule has 0 fully saturated rings. The third kappa shape index (κ3) is 4.63. The van der Waals surface area contributed by atoms with E-state index < -0.39 is 0 Å². The zero-order chi connectivity index (χ0) is 20.2. The summed E-state index contributed by atoms with van der Waals surface area (Å²) in [6.45, 7) is 2.02. The highest BCUT2D eigenvalue weighted by atomic mass is 32.2. The van der Waals surface area contributed by atoms with Crippen LogP contribution in [-0.2, 0) is 5.75 Å². The Morgan fingerprint density at radius 2 is 1.79 bits per heavy atom. The quantitative estimate of drug-likeness (QED) is 0.463. The number of halogens is 1. The van der Waals surface area contributed by atoms with Crippen molar-refractivity contribution in [3.63, 3.8) is 0 Å². The second kappa shape index (κ2) is 8.19. The van der Waals surface area contributed by atoms with Gasteiger partial charge in [-0.3, -0.25) is 0 Å². The van der Waals surface area contributed by atoms with Gasteiger partial charge < -0.3 is 11.1 Å². The Morgan fingerprint density at radius 1 is 1.03 bits per heavy atom. The van der Waals surface area contributed by atoms with Crippen LogP contribution >= 0.6 is 11.8 Å². The highest BCUT2D eigenvalue weighted by molar-refractivity contribution is 7.98. The van der Waals surface area contributed by atoms with E-state index in [2.05, 4.69) is 35.8 Å². The van der Waals surface area contributed by atoms with Crippen molar-refractivity contribution in [1.29, 1.82) is 0 Å². The second-order valence-corrected chi connectivity index (χ2v) is 7.01. The van der Waals surface area contributed by atoms with Crippen LogP contribution in [0.1, 0.15) is 11.4 Å². The van der Waals surface area contributed by atoms with Gasteiger partial charge in [-0.05, 0) is 53.7 Å². The summed E-state index contributed by atoms with van der Waals surface area (Å²) in [7, 11) is 0. The summed E-state index contributed by atoms with van der Waals surface area (Å²) in [6.07, 6.45) is 0. The number of anilines is 3. The molecule has 2 aromatic carbocycles. The molecule has 0 atom stereocenters. The maximum atomic E-state index is 13.1. The van der Waals surface area contributed by atoms with Crippen LogP contribution in [-0.4, -0.2) is 35.2 Å². The van der Waals surface area contributed by atoms with Crippen LogP contribution in [0.5, 0.6) is 0 Å². The Hall–Kier alpha value is -3.60. The van der Waals surface area contributed by atoms with Crippen molar-refractivity contribution >= 4 is 29.3 Å². The monoisotopic (exact) mass is 409 g/mol. The number of benzene rings is 2. The minimum atomic E-state index is -0.325. The van der Waals surface area contributed by atoms with Crippen LogP contribution in [0.4, 0.5) is 22.0 Å². The van der Waals surface area contributed by atoms with Crippen molar-refractivity contribution in [2.45, 2.75) is 17.8 Å². The Kier molecular flexibility index (Phi) is 5.29. The molecule has 9 nitrogen and oxygen atoms in total. The zero-order valence-corrected chi connectivity index (χ0v) is 16.1. The summed E-state index contributed by atoms with van der Waals surface area (Å²) in [6, 6.07) is 13.7. The molecule has 0 saturated heterocycles. The Balaban J connectivity index is 1.49. The molecule has 11 heteroatoms. The lowest BCUT2D eigenvalue weighted by molar-refractivity contribution is 0.628. The highest BCUT2D eigenvalue weighted by Gasteiger charge is 2.12. The molecule has 4 aromatic rings. The maximum absolute atomic E-state index is 13.1. The number of aromatic nitrogens is 7. The lowest BCUT2D eigenvalue weighted by atomic mass is 10.2. The number of aryl methyl sites for hydroxylation is 1. The van der Waals surface area contributed by atoms with Crippen LogP contribution in [0.3, 0.4) is 0 Å². The van der Waals surface area contributed by atoms with Crippen LogP contribution in [0, 0.1) is 12.7 Å². The van der Waals surface area contributed by atoms with E-state index in [1.54, 1.807) is 16.8 Å². The third-order valence-corrected chi connectivity index (χ3v) is 4.76. The van der Waals surface area contributed by atoms with Crippen molar-refractivity contribution in [2.75, 3.05) is 11.1 Å². The Bertz CT molecular complexity index is 1110. The van der Waals surface area contributed by atoms with E-state index in [1.165, 1.54) is 23.9 Å². The molecular formula is C18H16FN9S. The van der Waals surface area contributed by atoms with Gasteiger partial charge >= 0.3 is 0 Å². The number of nitrogen functional groups attached to an aromatic ring is 1. The van der Waals surface area contributed by atoms with Gasteiger partial charge in [-0.25, -0.2) is 4.39 Å². The van der Waals surface area contributed by atoms with Gasteiger partial charge in [0, 0.05) is 5.69 Å². The molecule has 0 spiro atoms. The van der Waals surface area contributed by atoms with Crippen molar-refractivity contribution < 1.29 is 4.39 Å². The molecule has 0 amide bonds. The number of nitrogens with two attached hydrogens (primary N) is 1. The second-order valence-electron chi connectivity index (χ2n) is 6.06. The standard InChI is InChI=1S/C18H16FN9S/c1-11-2-8-14(9-3-11)28-18(25-26-27-28)29-10-15-22-16(20)24-17(23-15)21-13-6-4-12(19)5-7-13/h2-9H,10H2,1H3,(H3,20,21,22,23,24). The predicted molar refractivity (Wildman–Crippen MR) is 107 cm³/mol. The van der Waals surface area contributed by atoms with Gasteiger partial charge in [0.1, 0.15) is 11.6 Å². The average Bonchev–Trinajstić information content (AvgIpc) is 3.17. The van der Waals surface area contributed by atoms with Gasteiger partial charge in [0.25, 0.3) is 0 Å². The largest absolute Gasteiger partial charge is 0.368 e. The predicted octanol–water partition coefficient (Wildman–Crippen LogP) is 2.91. The molecule has 0 aliphatic heterocycles. The van der Waals surface area contributed by atoms with E-state index in [9.17, 15) is 4.39 Å². The average molecular weight is 409 g/mol. The molecule has 0 unspecified atom stereocenters. The first-order chi connectivity index (χ1) is 14.1. The van der Waals surface area contributed by atoms with E-state index in [4.69, 9.17) is 5.73 Å². The first-order valence-electron chi connectivity index (χ1n) is 8.58. The molecule has 2 aromatic heterocycles. The molecule has 29 heavy (non-hydrogen) atoms. The Labute approximate surface area is 169 Å². The van der Waals surface area contributed by atoms with Gasteiger partial charge in [-0.2, -0.15) is 19.6 Å². The summed E-state index contributed by atoms with van der Waals surface area (Å²) in [4.78, 5) is 12.6. The highest BCUT2D eigenvalue weighted by Crippen LogP contribution is 2.22. The van der Waals surface area contributed by atoms with E-state index in [-0.39, 0.29) is 17.7 Å². The molecule has 146 valence electrons. The van der Waals surface area contributed by atoms with Gasteiger partial charge in [0.2, 0.25) is 17.1 Å². The molecule has 0 bridgehead atoms. The van der Waals surface area contributed by atoms with Crippen LogP contribution in [0.25, 0.3) is 5.69 Å². The lowest BCUT2D eigenvalue weighted by Crippen LogP contribution is -2.07. The SMILES string of the molecule is Cc1ccc(-n2nnnc2SCc2nc(N)nc(Nc3ccc(F)cc3)n2)cc1. The molecule has 0 saturated carbocycles. The number of rotatable bonds is 6. The van der Waals surface area contributed by atoms with Crippen LogP contribution in [0.2, 0.25) is 0 Å². The Morgan fingerprint density at radius 3 is 2.55 bits per heavy atom. The van der Waals surface area contributed by atoms with E-state index in [0.717, 1.165) is 11.3 Å². The number of nitrogens with one attached hydrogen (secondary N) is 1. The van der Waals surface area contributed by atoms with Crippen molar-refractivity contribution in [3.8, 4) is 5.69 Å². The number of hydrogen-bond donors (Lipinski definition) is 2. The summed E-state index contributed by atoms with van der Waals surface area (Å²) < 4.78 is 14.7. The molecule has 3 N–H and O–H groups in total. The fraction of sp³-hybridized carbons (Fsp3) is 0.111. The van der Waals surface area contributed by atoms with E-state index in [0.29, 0.717) is 22.4 Å². The van der Waals surface area contributed by atoms with Gasteiger partial charge in [-0.15, -0.1) is 5.10 Å². The number of tetrazole rings is 1. The van der Waals surface area contributed by atoms with Crippen molar-refractivity contribution in [2.24, 2.45) is 0 Å². The maximum Gasteiger partial charge on any atom is 0.232 e. The fourth-order valence-corrected chi connectivity index (χ4v) is 3.21. The summed E-state index contributed by atoms with van der Waals surface area (Å²) in [5, 5.41) is 15.4. The fourth-order valence-electron chi connectivity index (χ4n) is 2.47. The van der Waals surface area contributed by atoms with Gasteiger partial charge in [0.15, 0.2) is 0 Å². The number of thioether (sulfide) groups is 1. The minimum Gasteiger partial charge on any atom is -0.368 e. The van der Waals surface area contributed by atoms with Gasteiger partial charge in [0.05, 0.1) is 11.4 Å². The molecule has 0 aliphatic carbocycles. The summed E-state index contributed by atoms with van der Waals surface area (Å²) >= 11 is 1.37. The molecule has 2 heterocycles. The topological polar surface area (TPSA) is 120 Å². The lowest BCUT2D eigenvalue weighted by Gasteiger charge is -2.07. The number of nitrogens with zero attached hydrogens (tertiary/aromatic N) is 7.